The Balaban J connectivity index is 1.34. The van der Waals surface area contributed by atoms with Crippen molar-refractivity contribution in [3.8, 4) is 17.2 Å². The van der Waals surface area contributed by atoms with Gasteiger partial charge in [-0.3, -0.25) is 14.5 Å². The number of aliphatic hydroxyl groups excluding tert-OH is 3. The first kappa shape index (κ1) is 24.0. The molecule has 0 radical (unpaired) electrons. The summed E-state index contributed by atoms with van der Waals surface area (Å²) in [6, 6.07) is 6.60. The molecule has 11 heteroatoms. The van der Waals surface area contributed by atoms with Crippen molar-refractivity contribution in [2.24, 2.45) is 0 Å². The molecule has 6 N–H and O–H groups in total. The van der Waals surface area contributed by atoms with Crippen LogP contribution in [0.15, 0.2) is 30.3 Å². The molecule has 11 nitrogen and oxygen atoms in total. The summed E-state index contributed by atoms with van der Waals surface area (Å²) in [6.45, 7) is 2.63. The molecule has 0 spiro atoms. The van der Waals surface area contributed by atoms with E-state index in [-0.39, 0.29) is 29.4 Å². The molecule has 6 rings (SSSR count). The summed E-state index contributed by atoms with van der Waals surface area (Å²) in [5.41, 5.74) is 1.55. The zero-order valence-electron chi connectivity index (χ0n) is 20.0. The van der Waals surface area contributed by atoms with Crippen molar-refractivity contribution in [2.75, 3.05) is 19.9 Å². The summed E-state index contributed by atoms with van der Waals surface area (Å²) in [7, 11) is 0. The van der Waals surface area contributed by atoms with Crippen LogP contribution in [0.1, 0.15) is 50.6 Å². The van der Waals surface area contributed by atoms with Gasteiger partial charge in [0.25, 0.3) is 11.8 Å². The number of aromatic hydroxyl groups is 1. The van der Waals surface area contributed by atoms with Crippen LogP contribution < -0.4 is 20.1 Å². The lowest BCUT2D eigenvalue weighted by atomic mass is 9.68. The molecule has 3 aliphatic heterocycles. The molecule has 2 amide bonds. The summed E-state index contributed by atoms with van der Waals surface area (Å²) in [5, 5.41) is 48.5. The minimum Gasteiger partial charge on any atom is -0.504 e. The number of aliphatic hydroxyl groups is 3. The summed E-state index contributed by atoms with van der Waals surface area (Å²) < 4.78 is 10.7. The molecule has 1 saturated heterocycles. The lowest BCUT2D eigenvalue weighted by Crippen LogP contribution is -2.69. The van der Waals surface area contributed by atoms with Crippen LogP contribution in [0.3, 0.4) is 0 Å². The third kappa shape index (κ3) is 3.98. The maximum absolute atomic E-state index is 13.4. The Bertz CT molecular complexity index is 1250. The fourth-order valence-corrected chi connectivity index (χ4v) is 6.03. The van der Waals surface area contributed by atoms with Gasteiger partial charge in [0.15, 0.2) is 11.5 Å². The summed E-state index contributed by atoms with van der Waals surface area (Å²) >= 11 is 0. The highest BCUT2D eigenvalue weighted by Gasteiger charge is 2.54. The summed E-state index contributed by atoms with van der Waals surface area (Å²) in [6.07, 6.45) is -2.38. The Hall–Kier alpha value is -3.38. The van der Waals surface area contributed by atoms with Crippen LogP contribution in [-0.4, -0.2) is 87.4 Å². The molecule has 2 fully saturated rings. The van der Waals surface area contributed by atoms with Gasteiger partial charge in [-0.1, -0.05) is 12.1 Å². The van der Waals surface area contributed by atoms with E-state index in [0.29, 0.717) is 5.56 Å². The van der Waals surface area contributed by atoms with Gasteiger partial charge in [0.05, 0.1) is 17.6 Å². The van der Waals surface area contributed by atoms with Crippen molar-refractivity contribution in [1.29, 1.82) is 0 Å². The highest BCUT2D eigenvalue weighted by molar-refractivity contribution is 6.02. The lowest BCUT2D eigenvalue weighted by molar-refractivity contribution is -0.117. The van der Waals surface area contributed by atoms with Crippen LogP contribution in [0.5, 0.6) is 17.2 Å². The molecule has 37 heavy (non-hydrogen) atoms. The van der Waals surface area contributed by atoms with E-state index >= 15 is 0 Å². The van der Waals surface area contributed by atoms with Crippen molar-refractivity contribution in [2.45, 2.75) is 55.7 Å². The van der Waals surface area contributed by atoms with Crippen LogP contribution >= 0.6 is 0 Å². The second-order valence-electron chi connectivity index (χ2n) is 10.1. The number of hydrogen-bond donors (Lipinski definition) is 6. The molecule has 196 valence electrons. The van der Waals surface area contributed by atoms with E-state index in [1.807, 2.05) is 6.07 Å². The Labute approximate surface area is 212 Å². The zero-order chi connectivity index (χ0) is 25.8. The van der Waals surface area contributed by atoms with Gasteiger partial charge in [-0.2, -0.15) is 0 Å². The van der Waals surface area contributed by atoms with E-state index in [9.17, 15) is 30.0 Å². The van der Waals surface area contributed by atoms with E-state index in [0.717, 1.165) is 38.0 Å². The van der Waals surface area contributed by atoms with Gasteiger partial charge in [-0.05, 0) is 55.3 Å². The Morgan fingerprint density at radius 3 is 2.65 bits per heavy atom. The number of nitrogens with zero attached hydrogens (tertiary/aromatic N) is 1. The van der Waals surface area contributed by atoms with Gasteiger partial charge in [0.2, 0.25) is 12.5 Å². The third-order valence-corrected chi connectivity index (χ3v) is 7.85. The number of phenolic OH excluding ortho intramolecular Hbond substituents is 1. The van der Waals surface area contributed by atoms with Crippen molar-refractivity contribution < 1.29 is 39.5 Å². The van der Waals surface area contributed by atoms with Crippen molar-refractivity contribution in [3.05, 3.63) is 52.6 Å². The fourth-order valence-electron chi connectivity index (χ4n) is 6.03. The van der Waals surface area contributed by atoms with Crippen LogP contribution in [0.2, 0.25) is 0 Å². The Kier molecular flexibility index (Phi) is 5.95. The van der Waals surface area contributed by atoms with E-state index in [1.165, 1.54) is 6.07 Å². The van der Waals surface area contributed by atoms with Gasteiger partial charge in [-0.25, -0.2) is 0 Å². The first-order valence-corrected chi connectivity index (χ1v) is 12.5. The van der Waals surface area contributed by atoms with Crippen molar-refractivity contribution in [3.63, 3.8) is 0 Å². The van der Waals surface area contributed by atoms with Crippen LogP contribution in [0.25, 0.3) is 0 Å². The molecule has 4 aliphatic rings. The number of rotatable bonds is 4. The first-order valence-electron chi connectivity index (χ1n) is 12.5. The molecular formula is C26H29N3O8. The topological polar surface area (TPSA) is 161 Å². The molecule has 0 bridgehead atoms. The second-order valence-corrected chi connectivity index (χ2v) is 10.1. The average Bonchev–Trinajstić information content (AvgIpc) is 3.58. The minimum absolute atomic E-state index is 0.0275. The summed E-state index contributed by atoms with van der Waals surface area (Å²) in [4.78, 5) is 28.6. The van der Waals surface area contributed by atoms with Gasteiger partial charge in [0.1, 0.15) is 18.3 Å². The first-order chi connectivity index (χ1) is 17.8. The van der Waals surface area contributed by atoms with Crippen LogP contribution in [0, 0.1) is 0 Å². The molecule has 2 aromatic carbocycles. The number of ether oxygens (including phenoxy) is 2. The molecule has 0 unspecified atom stereocenters. The van der Waals surface area contributed by atoms with E-state index in [2.05, 4.69) is 15.5 Å². The predicted molar refractivity (Wildman–Crippen MR) is 128 cm³/mol. The zero-order valence-corrected chi connectivity index (χ0v) is 20.0. The van der Waals surface area contributed by atoms with E-state index in [1.54, 1.807) is 18.2 Å². The third-order valence-electron chi connectivity index (χ3n) is 7.85. The maximum atomic E-state index is 13.4. The van der Waals surface area contributed by atoms with Gasteiger partial charge >= 0.3 is 0 Å². The average molecular weight is 512 g/mol. The highest BCUT2D eigenvalue weighted by Crippen LogP contribution is 2.50. The Morgan fingerprint density at radius 2 is 1.86 bits per heavy atom. The number of hydrogen-bond acceptors (Lipinski definition) is 9. The molecule has 6 atom stereocenters. The predicted octanol–water partition coefficient (Wildman–Crippen LogP) is -0.193. The monoisotopic (exact) mass is 511 g/mol. The number of amides is 2. The quantitative estimate of drug-likeness (QED) is 0.327. The summed E-state index contributed by atoms with van der Waals surface area (Å²) in [5.74, 6) is -2.21. The van der Waals surface area contributed by atoms with Gasteiger partial charge in [-0.15, -0.1) is 0 Å². The number of carbonyl (C=O) groups excluding carboxylic acids is 2. The highest BCUT2D eigenvalue weighted by atomic mass is 16.7. The number of phenols is 1. The van der Waals surface area contributed by atoms with Crippen molar-refractivity contribution >= 4 is 11.8 Å². The van der Waals surface area contributed by atoms with Gasteiger partial charge in [0, 0.05) is 18.0 Å². The van der Waals surface area contributed by atoms with E-state index < -0.39 is 53.9 Å². The van der Waals surface area contributed by atoms with E-state index in [4.69, 9.17) is 9.47 Å². The normalized spacial score (nSPS) is 30.4. The number of likely N-dealkylation sites (tertiary alicyclic amines) is 1. The molecule has 0 aromatic heterocycles. The number of fused-ring (bicyclic) bond motifs is 4. The molecule has 3 heterocycles. The molecule has 2 aromatic rings. The van der Waals surface area contributed by atoms with Crippen LogP contribution in [-0.2, 0) is 6.54 Å². The number of carbonyl (C=O) groups is 2. The standard InChI is InChI=1S/C26H29N3O8/c30-20-17-14(9-15-24(20)37-11-36-15)16-18(21(31)23(33)22(32)19(16)28-26(17)35)27-25(34)13-5-3-4-12(8-13)10-29-6-1-2-7-29/h3-5,8-9,16,18-19,21-23,30-33H,1-2,6-7,10-11H2,(H,27,34)(H,28,35)/t16-,18+,19+,21-,22-,23+/m0/s1. The fraction of sp³-hybridized carbons (Fsp3) is 0.462. The molecule has 1 aliphatic carbocycles. The smallest absolute Gasteiger partial charge is 0.255 e. The number of benzene rings is 2. The van der Waals surface area contributed by atoms with Crippen molar-refractivity contribution in [1.82, 2.24) is 15.5 Å². The lowest BCUT2D eigenvalue weighted by Gasteiger charge is -2.49. The number of nitrogens with one attached hydrogen (secondary N) is 2. The maximum Gasteiger partial charge on any atom is 0.255 e. The molecular weight excluding hydrogens is 482 g/mol. The Morgan fingerprint density at radius 1 is 1.08 bits per heavy atom. The largest absolute Gasteiger partial charge is 0.504 e. The second kappa shape index (κ2) is 9.18. The van der Waals surface area contributed by atoms with Gasteiger partial charge < -0.3 is 40.5 Å². The molecule has 1 saturated carbocycles. The van der Waals surface area contributed by atoms with Crippen LogP contribution in [0.4, 0.5) is 0 Å². The minimum atomic E-state index is -1.63. The SMILES string of the molecule is O=C(N[C@H]1[C@H](O)[C@@H](O)[C@@H](O)[C@@H]2NC(=O)c3c(cc4c(c3O)OCO4)[C@@H]12)c1cccc(CN2CCCC2)c1.